The van der Waals surface area contributed by atoms with Crippen LogP contribution in [-0.2, 0) is 20.9 Å². The molecule has 0 atom stereocenters. The second-order valence-electron chi connectivity index (χ2n) is 16.1. The predicted molar refractivity (Wildman–Crippen MR) is 259 cm³/mol. The summed E-state index contributed by atoms with van der Waals surface area (Å²) in [5.74, 6) is 1.33. The number of aryl methyl sites for hydroxylation is 2. The molecule has 0 aliphatic rings. The van der Waals surface area contributed by atoms with Crippen molar-refractivity contribution in [2.24, 2.45) is 0 Å². The van der Waals surface area contributed by atoms with Gasteiger partial charge in [0.05, 0.1) is 13.7 Å². The Kier molecular flexibility index (Phi) is 30.4. The molecule has 0 saturated heterocycles. The van der Waals surface area contributed by atoms with Gasteiger partial charge in [-0.15, -0.1) is 5.60 Å². The van der Waals surface area contributed by atoms with Crippen molar-refractivity contribution in [1.29, 1.82) is 0 Å². The molecule has 0 bridgehead atoms. The zero-order valence-corrected chi connectivity index (χ0v) is 43.5. The number of hydrogen-bond acceptors (Lipinski definition) is 9. The van der Waals surface area contributed by atoms with E-state index in [1.54, 1.807) is 52.2 Å². The minimum absolute atomic E-state index is 0. The van der Waals surface area contributed by atoms with Crippen LogP contribution in [0.4, 0.5) is 11.4 Å². The van der Waals surface area contributed by atoms with E-state index in [1.807, 2.05) is 146 Å². The number of anilines is 2. The number of nitrogen functional groups attached to an aromatic ring is 1. The van der Waals surface area contributed by atoms with Crippen LogP contribution in [0.15, 0.2) is 132 Å². The fourth-order valence-corrected chi connectivity index (χ4v) is 4.51. The first-order chi connectivity index (χ1) is 29.7. The van der Waals surface area contributed by atoms with E-state index in [-0.39, 0.29) is 70.5 Å². The monoisotopic (exact) mass is 900 g/mol. The zero-order valence-electron chi connectivity index (χ0n) is 40.3. The number of methoxy groups -OCH3 is 1. The molecule has 0 unspecified atom stereocenters. The van der Waals surface area contributed by atoms with Crippen LogP contribution in [0, 0.1) is 13.8 Å². The Labute approximate surface area is 425 Å². The van der Waals surface area contributed by atoms with Crippen molar-refractivity contribution in [3.63, 3.8) is 0 Å². The predicted octanol–water partition coefficient (Wildman–Crippen LogP) is 7.77. The molecule has 11 heteroatoms. The van der Waals surface area contributed by atoms with Crippen molar-refractivity contribution in [3.8, 4) is 17.2 Å². The van der Waals surface area contributed by atoms with Crippen LogP contribution < -0.4 is 81.8 Å². The molecule has 4 aromatic rings. The summed E-state index contributed by atoms with van der Waals surface area (Å²) >= 11 is 0. The zero-order chi connectivity index (χ0) is 47.4. The van der Waals surface area contributed by atoms with E-state index in [9.17, 15) is 19.8 Å². The van der Waals surface area contributed by atoms with Crippen LogP contribution in [0.3, 0.4) is 0 Å². The molecule has 0 fully saturated rings. The van der Waals surface area contributed by atoms with Crippen molar-refractivity contribution in [3.05, 3.63) is 160 Å². The molecule has 0 aromatic heterocycles. The summed E-state index contributed by atoms with van der Waals surface area (Å²) in [5, 5.41) is 22.3. The number of rotatable bonds is 15. The average Bonchev–Trinajstić information content (AvgIpc) is 3.21. The first-order valence-electron chi connectivity index (χ1n) is 20.7. The topological polar surface area (TPSA) is 152 Å². The van der Waals surface area contributed by atoms with Crippen molar-refractivity contribution in [2.75, 3.05) is 38.0 Å². The molecule has 0 spiro atoms. The molecule has 340 valence electrons. The van der Waals surface area contributed by atoms with Gasteiger partial charge in [0.1, 0.15) is 25.6 Å². The molecule has 0 heterocycles. The van der Waals surface area contributed by atoms with E-state index in [0.717, 1.165) is 39.2 Å². The number of carbonyl (C=O) groups is 2. The molecule has 64 heavy (non-hydrogen) atoms. The summed E-state index contributed by atoms with van der Waals surface area (Å²) in [6.45, 7) is 22.0. The van der Waals surface area contributed by atoms with Gasteiger partial charge in [-0.2, -0.15) is 0 Å². The van der Waals surface area contributed by atoms with Gasteiger partial charge in [0.2, 0.25) is 5.91 Å². The molecular weight excluding hydrogens is 832 g/mol. The Balaban J connectivity index is 0.000000958. The molecule has 10 nitrogen and oxygen atoms in total. The molecular formula is C53H69KN2O8. The number of nitrogens with one attached hydrogen (secondary N) is 1. The maximum atomic E-state index is 12.1. The summed E-state index contributed by atoms with van der Waals surface area (Å²) < 4.78 is 21.8. The molecule has 4 aromatic carbocycles. The van der Waals surface area contributed by atoms with Crippen LogP contribution in [0.2, 0.25) is 0 Å². The van der Waals surface area contributed by atoms with Gasteiger partial charge in [-0.05, 0) is 139 Å². The van der Waals surface area contributed by atoms with Gasteiger partial charge in [-0.1, -0.05) is 91.1 Å². The normalized spacial score (nSPS) is 10.2. The molecule has 0 aliphatic heterocycles. The Bertz CT molecular complexity index is 2110. The SMILES string of the molecule is CC(C)(C)[O-].CC(C)=CCOC(=O)/C=C/c1ccc(CO)c(OCC=C(C)C)c1.COc1ccc(/C=C/C(=O)Nc2ccc(C)cc2)cc1OCC=C(C)C.Cc1ccc(N)cc1.[K+]. The first-order valence-corrected chi connectivity index (χ1v) is 20.7. The Hall–Kier alpha value is -4.72. The van der Waals surface area contributed by atoms with Crippen molar-refractivity contribution in [2.45, 2.75) is 88.4 Å². The quantitative estimate of drug-likeness (QED) is 0.0357. The van der Waals surface area contributed by atoms with Gasteiger partial charge in [-0.25, -0.2) is 4.79 Å². The van der Waals surface area contributed by atoms with Crippen LogP contribution >= 0.6 is 0 Å². The number of aliphatic hydroxyl groups excluding tert-OH is 1. The summed E-state index contributed by atoms with van der Waals surface area (Å²) in [7, 11) is 1.60. The Morgan fingerprint density at radius 2 is 1.12 bits per heavy atom. The van der Waals surface area contributed by atoms with E-state index in [1.165, 1.54) is 23.3 Å². The maximum absolute atomic E-state index is 12.1. The minimum Gasteiger partial charge on any atom is -0.850 e. The molecule has 1 amide bonds. The second-order valence-corrected chi connectivity index (χ2v) is 16.1. The summed E-state index contributed by atoms with van der Waals surface area (Å²) in [6, 6.07) is 26.4. The van der Waals surface area contributed by atoms with Gasteiger partial charge in [0.25, 0.3) is 0 Å². The number of amides is 1. The number of carbonyl (C=O) groups excluding carboxylic acids is 2. The van der Waals surface area contributed by atoms with E-state index in [4.69, 9.17) is 24.7 Å². The number of allylic oxidation sites excluding steroid dienone is 3. The van der Waals surface area contributed by atoms with E-state index < -0.39 is 11.6 Å². The third-order valence-corrected chi connectivity index (χ3v) is 7.86. The third-order valence-electron chi connectivity index (χ3n) is 7.86. The largest absolute Gasteiger partial charge is 1.00 e. The number of hydrogen-bond donors (Lipinski definition) is 3. The molecule has 4 rings (SSSR count). The number of esters is 1. The summed E-state index contributed by atoms with van der Waals surface area (Å²) in [4.78, 5) is 23.7. The summed E-state index contributed by atoms with van der Waals surface area (Å²) in [6.07, 6.45) is 12.1. The van der Waals surface area contributed by atoms with E-state index >= 15 is 0 Å². The number of ether oxygens (including phenoxy) is 4. The Morgan fingerprint density at radius 3 is 1.61 bits per heavy atom. The fraction of sp³-hybridized carbons (Fsp3) is 0.321. The fourth-order valence-electron chi connectivity index (χ4n) is 4.51. The minimum atomic E-state index is -0.750. The smallest absolute Gasteiger partial charge is 0.850 e. The molecule has 4 N–H and O–H groups in total. The van der Waals surface area contributed by atoms with Crippen molar-refractivity contribution in [1.82, 2.24) is 0 Å². The Morgan fingerprint density at radius 1 is 0.672 bits per heavy atom. The second kappa shape index (κ2) is 32.9. The molecule has 0 radical (unpaired) electrons. The standard InChI is InChI=1S/C22H25NO3.C20H26O4.C7H9N.C4H9O.K/c1-16(2)13-14-26-21-15-18(7-11-20(21)25-4)8-12-22(24)23-19-9-5-17(3)6-10-19;1-15(2)9-11-23-19-13-17(5-7-18(19)14-21)6-8-20(22)24-12-10-16(3)4;1-6-2-4-7(8)5-3-6;1-4(2,3)5;/h5-13,15H,14H2,1-4H3,(H,23,24);5-10,13,21H,11-12,14H2,1-4H3;2-5H,8H2,1H3;1-3H3;/q;;;-1;+1/b12-8+;8-6+;;;. The van der Waals surface area contributed by atoms with E-state index in [2.05, 4.69) is 5.32 Å². The van der Waals surface area contributed by atoms with Crippen LogP contribution in [-0.4, -0.2) is 49.5 Å². The maximum Gasteiger partial charge on any atom is 1.00 e. The van der Waals surface area contributed by atoms with Crippen molar-refractivity contribution < 1.29 is 90.1 Å². The van der Waals surface area contributed by atoms with Gasteiger partial charge in [0.15, 0.2) is 11.5 Å². The third kappa shape index (κ3) is 30.4. The number of benzene rings is 4. The first kappa shape index (κ1) is 59.3. The molecule has 0 saturated carbocycles. The van der Waals surface area contributed by atoms with Crippen LogP contribution in [0.5, 0.6) is 17.2 Å². The van der Waals surface area contributed by atoms with Gasteiger partial charge in [0, 0.05) is 29.1 Å². The summed E-state index contributed by atoms with van der Waals surface area (Å²) in [5.41, 5.74) is 14.5. The van der Waals surface area contributed by atoms with Gasteiger partial charge in [-0.3, -0.25) is 4.79 Å². The molecule has 0 aliphatic carbocycles. The van der Waals surface area contributed by atoms with Gasteiger partial charge >= 0.3 is 57.4 Å². The van der Waals surface area contributed by atoms with E-state index in [0.29, 0.717) is 36.0 Å². The van der Waals surface area contributed by atoms with Gasteiger partial charge < -0.3 is 40.2 Å². The average molecular weight is 901 g/mol. The van der Waals surface area contributed by atoms with Crippen LogP contribution in [0.25, 0.3) is 12.2 Å². The number of nitrogens with two attached hydrogens (primary N) is 1. The van der Waals surface area contributed by atoms with Crippen LogP contribution in [0.1, 0.15) is 90.1 Å². The van der Waals surface area contributed by atoms with Crippen molar-refractivity contribution >= 4 is 35.4 Å². The number of aliphatic hydroxyl groups is 1.